The Labute approximate surface area is 86.2 Å². The van der Waals surface area contributed by atoms with E-state index in [4.69, 9.17) is 5.73 Å². The van der Waals surface area contributed by atoms with Crippen molar-refractivity contribution in [3.63, 3.8) is 0 Å². The molecule has 0 radical (unpaired) electrons. The van der Waals surface area contributed by atoms with Crippen molar-refractivity contribution in [1.82, 2.24) is 0 Å². The molecule has 1 aromatic carbocycles. The average Bonchev–Trinajstić information content (AvgIpc) is 2.27. The topological polar surface area (TPSA) is 66.5 Å². The summed E-state index contributed by atoms with van der Waals surface area (Å²) in [7, 11) is 0. The van der Waals surface area contributed by atoms with Gasteiger partial charge in [-0.05, 0) is 11.6 Å². The smallest absolute Gasteiger partial charge is 0.263 e. The highest BCUT2D eigenvalue weighted by molar-refractivity contribution is 5.26. The van der Waals surface area contributed by atoms with E-state index in [-0.39, 0.29) is 17.7 Å². The minimum atomic E-state index is -2.59. The fraction of sp³-hybridized carbons (Fsp3) is 0.400. The maximum Gasteiger partial charge on any atom is 0.263 e. The Morgan fingerprint density at radius 1 is 1.20 bits per heavy atom. The van der Waals surface area contributed by atoms with Crippen LogP contribution in [0.1, 0.15) is 23.7 Å². The molecule has 84 valence electrons. The Balaban J connectivity index is 2.90. The number of nitrogens with two attached hydrogens (primary N) is 1. The van der Waals surface area contributed by atoms with Gasteiger partial charge in [0, 0.05) is 12.1 Å². The molecule has 2 atom stereocenters. The fourth-order valence-electron chi connectivity index (χ4n) is 1.23. The predicted molar refractivity (Wildman–Crippen MR) is 51.4 cm³/mol. The molecule has 0 aliphatic heterocycles. The first-order valence-electron chi connectivity index (χ1n) is 4.50. The standard InChI is InChI=1S/C10H13F2NO2/c11-10(12)7-3-1-2-6(4-7)9(15)8(14)5-13/h1-4,8-10,14-15H,5,13H2. The molecule has 0 saturated heterocycles. The first-order valence-corrected chi connectivity index (χ1v) is 4.50. The van der Waals surface area contributed by atoms with Gasteiger partial charge in [-0.3, -0.25) is 0 Å². The third kappa shape index (κ3) is 2.95. The second kappa shape index (κ2) is 5.16. The molecule has 1 rings (SSSR count). The van der Waals surface area contributed by atoms with Crippen LogP contribution in [0.5, 0.6) is 0 Å². The minimum Gasteiger partial charge on any atom is -0.389 e. The van der Waals surface area contributed by atoms with E-state index in [1.165, 1.54) is 18.2 Å². The third-order valence-corrected chi connectivity index (χ3v) is 2.11. The van der Waals surface area contributed by atoms with Gasteiger partial charge in [0.2, 0.25) is 0 Å². The summed E-state index contributed by atoms with van der Waals surface area (Å²) in [6, 6.07) is 5.29. The van der Waals surface area contributed by atoms with Gasteiger partial charge in [0.15, 0.2) is 0 Å². The van der Waals surface area contributed by atoms with Gasteiger partial charge in [-0.2, -0.15) is 0 Å². The Bertz CT molecular complexity index is 320. The van der Waals surface area contributed by atoms with E-state index in [2.05, 4.69) is 0 Å². The summed E-state index contributed by atoms with van der Waals surface area (Å²) in [6.07, 6.45) is -4.96. The van der Waals surface area contributed by atoms with E-state index in [9.17, 15) is 19.0 Å². The monoisotopic (exact) mass is 217 g/mol. The summed E-state index contributed by atoms with van der Waals surface area (Å²) < 4.78 is 24.6. The van der Waals surface area contributed by atoms with E-state index in [0.717, 1.165) is 6.07 Å². The SMILES string of the molecule is NCC(O)C(O)c1cccc(C(F)F)c1. The molecule has 3 nitrogen and oxygen atoms in total. The molecule has 0 heterocycles. The normalized spacial score (nSPS) is 15.3. The Kier molecular flexibility index (Phi) is 4.14. The largest absolute Gasteiger partial charge is 0.389 e. The third-order valence-electron chi connectivity index (χ3n) is 2.11. The van der Waals surface area contributed by atoms with Crippen LogP contribution >= 0.6 is 0 Å². The molecule has 4 N–H and O–H groups in total. The van der Waals surface area contributed by atoms with Crippen LogP contribution in [0, 0.1) is 0 Å². The molecular weight excluding hydrogens is 204 g/mol. The molecule has 0 bridgehead atoms. The van der Waals surface area contributed by atoms with Crippen LogP contribution in [-0.4, -0.2) is 22.9 Å². The molecule has 0 spiro atoms. The maximum atomic E-state index is 12.3. The Morgan fingerprint density at radius 3 is 2.33 bits per heavy atom. The van der Waals surface area contributed by atoms with Crippen LogP contribution in [0.25, 0.3) is 0 Å². The van der Waals surface area contributed by atoms with Crippen molar-refractivity contribution in [3.8, 4) is 0 Å². The highest BCUT2D eigenvalue weighted by Crippen LogP contribution is 2.23. The number of halogens is 2. The molecule has 5 heteroatoms. The van der Waals surface area contributed by atoms with Crippen LogP contribution in [0.15, 0.2) is 24.3 Å². The quantitative estimate of drug-likeness (QED) is 0.704. The summed E-state index contributed by atoms with van der Waals surface area (Å²) in [4.78, 5) is 0. The van der Waals surface area contributed by atoms with Gasteiger partial charge in [0.25, 0.3) is 6.43 Å². The summed E-state index contributed by atoms with van der Waals surface area (Å²) >= 11 is 0. The second-order valence-electron chi connectivity index (χ2n) is 3.22. The van der Waals surface area contributed by atoms with Gasteiger partial charge in [-0.1, -0.05) is 18.2 Å². The first kappa shape index (κ1) is 12.0. The van der Waals surface area contributed by atoms with Gasteiger partial charge >= 0.3 is 0 Å². The van der Waals surface area contributed by atoms with Crippen molar-refractivity contribution in [3.05, 3.63) is 35.4 Å². The number of hydrogen-bond donors (Lipinski definition) is 3. The zero-order valence-electron chi connectivity index (χ0n) is 7.98. The number of hydrogen-bond acceptors (Lipinski definition) is 3. The van der Waals surface area contributed by atoms with Crippen molar-refractivity contribution in [2.45, 2.75) is 18.6 Å². The Hall–Kier alpha value is -1.04. The van der Waals surface area contributed by atoms with Crippen molar-refractivity contribution in [2.75, 3.05) is 6.54 Å². The van der Waals surface area contributed by atoms with Crippen LogP contribution < -0.4 is 5.73 Å². The molecule has 0 aliphatic rings. The zero-order chi connectivity index (χ0) is 11.4. The molecule has 15 heavy (non-hydrogen) atoms. The summed E-state index contributed by atoms with van der Waals surface area (Å²) in [5, 5.41) is 18.8. The van der Waals surface area contributed by atoms with Gasteiger partial charge in [0.05, 0.1) is 6.10 Å². The van der Waals surface area contributed by atoms with E-state index in [1.807, 2.05) is 0 Å². The minimum absolute atomic E-state index is 0.125. The number of rotatable bonds is 4. The van der Waals surface area contributed by atoms with Crippen molar-refractivity contribution < 1.29 is 19.0 Å². The molecular formula is C10H13F2NO2. The molecule has 0 aliphatic carbocycles. The van der Waals surface area contributed by atoms with Crippen LogP contribution in [0.3, 0.4) is 0 Å². The molecule has 0 amide bonds. The summed E-state index contributed by atoms with van der Waals surface area (Å²) in [6.45, 7) is -0.125. The van der Waals surface area contributed by atoms with Crippen LogP contribution in [0.2, 0.25) is 0 Å². The van der Waals surface area contributed by atoms with Crippen molar-refractivity contribution in [1.29, 1.82) is 0 Å². The lowest BCUT2D eigenvalue weighted by Crippen LogP contribution is -2.27. The fourth-order valence-corrected chi connectivity index (χ4v) is 1.23. The van der Waals surface area contributed by atoms with E-state index in [1.54, 1.807) is 0 Å². The molecule has 2 unspecified atom stereocenters. The van der Waals surface area contributed by atoms with E-state index >= 15 is 0 Å². The predicted octanol–water partition coefficient (Wildman–Crippen LogP) is 0.977. The summed E-state index contributed by atoms with van der Waals surface area (Å²) in [5.74, 6) is 0. The average molecular weight is 217 g/mol. The lowest BCUT2D eigenvalue weighted by Gasteiger charge is -2.16. The highest BCUT2D eigenvalue weighted by Gasteiger charge is 2.18. The van der Waals surface area contributed by atoms with Gasteiger partial charge in [0.1, 0.15) is 6.10 Å². The van der Waals surface area contributed by atoms with Crippen molar-refractivity contribution >= 4 is 0 Å². The van der Waals surface area contributed by atoms with E-state index < -0.39 is 18.6 Å². The lowest BCUT2D eigenvalue weighted by atomic mass is 10.0. The first-order chi connectivity index (χ1) is 7.06. The molecule has 0 fully saturated rings. The van der Waals surface area contributed by atoms with Crippen molar-refractivity contribution in [2.24, 2.45) is 5.73 Å². The molecule has 0 aromatic heterocycles. The van der Waals surface area contributed by atoms with Crippen LogP contribution in [-0.2, 0) is 0 Å². The highest BCUT2D eigenvalue weighted by atomic mass is 19.3. The zero-order valence-corrected chi connectivity index (χ0v) is 7.98. The maximum absolute atomic E-state index is 12.3. The van der Waals surface area contributed by atoms with Gasteiger partial charge in [-0.25, -0.2) is 8.78 Å². The van der Waals surface area contributed by atoms with E-state index in [0.29, 0.717) is 0 Å². The Morgan fingerprint density at radius 2 is 1.80 bits per heavy atom. The lowest BCUT2D eigenvalue weighted by molar-refractivity contribution is 0.0241. The number of aliphatic hydroxyl groups excluding tert-OH is 2. The molecule has 0 saturated carbocycles. The number of benzene rings is 1. The number of aliphatic hydroxyl groups is 2. The van der Waals surface area contributed by atoms with Gasteiger partial charge in [-0.15, -0.1) is 0 Å². The second-order valence-corrected chi connectivity index (χ2v) is 3.22. The number of alkyl halides is 2. The van der Waals surface area contributed by atoms with Gasteiger partial charge < -0.3 is 15.9 Å². The molecule has 1 aromatic rings. The van der Waals surface area contributed by atoms with Crippen LogP contribution in [0.4, 0.5) is 8.78 Å². The summed E-state index contributed by atoms with van der Waals surface area (Å²) in [5.41, 5.74) is 5.21.